The quantitative estimate of drug-likeness (QED) is 0.750. The molecule has 1 saturated heterocycles. The Morgan fingerprint density at radius 1 is 1.40 bits per heavy atom. The van der Waals surface area contributed by atoms with Gasteiger partial charge in [-0.25, -0.2) is 9.67 Å². The first-order chi connectivity index (χ1) is 12.1. The fourth-order valence-electron chi connectivity index (χ4n) is 2.87. The molecule has 1 unspecified atom stereocenters. The zero-order valence-electron chi connectivity index (χ0n) is 13.6. The van der Waals surface area contributed by atoms with E-state index in [4.69, 9.17) is 9.15 Å². The highest BCUT2D eigenvalue weighted by molar-refractivity contribution is 7.15. The lowest BCUT2D eigenvalue weighted by molar-refractivity contribution is -0.137. The number of hydrogen-bond donors (Lipinski definition) is 1. The van der Waals surface area contributed by atoms with Crippen molar-refractivity contribution in [2.24, 2.45) is 0 Å². The second kappa shape index (κ2) is 6.45. The van der Waals surface area contributed by atoms with Gasteiger partial charge in [0, 0.05) is 11.5 Å². The van der Waals surface area contributed by atoms with Gasteiger partial charge in [-0.3, -0.25) is 4.79 Å². The molecular weight excluding hydrogens is 342 g/mol. The van der Waals surface area contributed by atoms with Gasteiger partial charge in [-0.2, -0.15) is 0 Å². The molecular formula is C17H17N3O4S. The number of aliphatic carboxylic acids is 1. The van der Waals surface area contributed by atoms with Crippen molar-refractivity contribution in [2.75, 3.05) is 6.61 Å². The first kappa shape index (κ1) is 16.0. The van der Waals surface area contributed by atoms with Gasteiger partial charge in [0.15, 0.2) is 11.6 Å². The van der Waals surface area contributed by atoms with Crippen molar-refractivity contribution in [3.05, 3.63) is 34.9 Å². The summed E-state index contributed by atoms with van der Waals surface area (Å²) in [5.74, 6) is 1.23. The van der Waals surface area contributed by atoms with Crippen molar-refractivity contribution >= 4 is 17.3 Å². The predicted molar refractivity (Wildman–Crippen MR) is 91.3 cm³/mol. The Balaban J connectivity index is 1.71. The molecule has 25 heavy (non-hydrogen) atoms. The number of nitrogens with zero attached hydrogens (tertiary/aromatic N) is 3. The van der Waals surface area contributed by atoms with Crippen molar-refractivity contribution in [3.63, 3.8) is 0 Å². The van der Waals surface area contributed by atoms with Crippen LogP contribution >= 0.6 is 11.3 Å². The van der Waals surface area contributed by atoms with Crippen molar-refractivity contribution in [3.8, 4) is 22.3 Å². The molecule has 1 aliphatic heterocycles. The van der Waals surface area contributed by atoms with Crippen LogP contribution in [0, 0.1) is 6.92 Å². The van der Waals surface area contributed by atoms with E-state index in [2.05, 4.69) is 10.1 Å². The molecule has 0 saturated carbocycles. The van der Waals surface area contributed by atoms with Crippen LogP contribution in [0.1, 0.15) is 29.6 Å². The number of aromatic nitrogens is 3. The van der Waals surface area contributed by atoms with E-state index >= 15 is 0 Å². The number of carboxylic acids is 1. The van der Waals surface area contributed by atoms with E-state index in [0.717, 1.165) is 35.0 Å². The van der Waals surface area contributed by atoms with Crippen molar-refractivity contribution in [2.45, 2.75) is 32.4 Å². The van der Waals surface area contributed by atoms with Crippen LogP contribution in [0.15, 0.2) is 28.7 Å². The Morgan fingerprint density at radius 2 is 2.28 bits per heavy atom. The monoisotopic (exact) mass is 359 g/mol. The third-order valence-electron chi connectivity index (χ3n) is 4.01. The summed E-state index contributed by atoms with van der Waals surface area (Å²) in [5, 5.41) is 13.5. The molecule has 1 aliphatic rings. The minimum Gasteiger partial charge on any atom is -0.480 e. The van der Waals surface area contributed by atoms with Gasteiger partial charge in [0.25, 0.3) is 0 Å². The highest BCUT2D eigenvalue weighted by Crippen LogP contribution is 2.37. The first-order valence-electron chi connectivity index (χ1n) is 8.05. The fourth-order valence-corrected chi connectivity index (χ4v) is 3.96. The van der Waals surface area contributed by atoms with Gasteiger partial charge in [0.1, 0.15) is 12.3 Å². The molecule has 3 aromatic heterocycles. The molecule has 0 aliphatic carbocycles. The van der Waals surface area contributed by atoms with Crippen LogP contribution in [0.25, 0.3) is 22.3 Å². The molecule has 0 amide bonds. The smallest absolute Gasteiger partial charge is 0.325 e. The van der Waals surface area contributed by atoms with Crippen LogP contribution in [-0.2, 0) is 16.1 Å². The summed E-state index contributed by atoms with van der Waals surface area (Å²) in [6, 6.07) is 7.58. The van der Waals surface area contributed by atoms with Gasteiger partial charge < -0.3 is 14.3 Å². The normalized spacial score (nSPS) is 17.2. The van der Waals surface area contributed by atoms with E-state index in [9.17, 15) is 9.90 Å². The Hall–Kier alpha value is -2.45. The number of carbonyl (C=O) groups is 1. The van der Waals surface area contributed by atoms with Crippen molar-refractivity contribution in [1.82, 2.24) is 14.8 Å². The van der Waals surface area contributed by atoms with E-state index < -0.39 is 5.97 Å². The number of aryl methyl sites for hydroxylation is 1. The van der Waals surface area contributed by atoms with E-state index in [1.807, 2.05) is 25.1 Å². The van der Waals surface area contributed by atoms with E-state index in [1.165, 1.54) is 4.68 Å². The third kappa shape index (κ3) is 3.22. The molecule has 0 radical (unpaired) electrons. The minimum absolute atomic E-state index is 0.127. The summed E-state index contributed by atoms with van der Waals surface area (Å²) in [7, 11) is 0. The van der Waals surface area contributed by atoms with Crippen LogP contribution in [-0.4, -0.2) is 32.4 Å². The lowest BCUT2D eigenvalue weighted by atomic mass is 10.2. The maximum atomic E-state index is 11.2. The Bertz CT molecular complexity index is 905. The van der Waals surface area contributed by atoms with Crippen LogP contribution in [0.4, 0.5) is 0 Å². The number of carboxylic acid groups (broad SMARTS) is 1. The average Bonchev–Trinajstić information content (AvgIpc) is 3.33. The van der Waals surface area contributed by atoms with Crippen LogP contribution in [0.5, 0.6) is 0 Å². The van der Waals surface area contributed by atoms with E-state index in [1.54, 1.807) is 17.4 Å². The summed E-state index contributed by atoms with van der Waals surface area (Å²) in [6.07, 6.45) is 2.20. The molecule has 1 N–H and O–H groups in total. The van der Waals surface area contributed by atoms with E-state index in [-0.39, 0.29) is 12.6 Å². The SMILES string of the molecule is Cc1ccc(-c2nc(-c3ccc(C4CCCO4)s3)n(CC(=O)O)n2)o1. The molecule has 1 fully saturated rings. The molecule has 0 aromatic carbocycles. The number of furan rings is 1. The molecule has 8 heteroatoms. The van der Waals surface area contributed by atoms with Gasteiger partial charge in [-0.05, 0) is 44.0 Å². The van der Waals surface area contributed by atoms with Gasteiger partial charge in [-0.15, -0.1) is 16.4 Å². The van der Waals surface area contributed by atoms with Crippen LogP contribution < -0.4 is 0 Å². The maximum absolute atomic E-state index is 11.2. The largest absolute Gasteiger partial charge is 0.480 e. The molecule has 3 aromatic rings. The number of rotatable bonds is 5. The maximum Gasteiger partial charge on any atom is 0.325 e. The van der Waals surface area contributed by atoms with Crippen LogP contribution in [0.2, 0.25) is 0 Å². The minimum atomic E-state index is -0.968. The van der Waals surface area contributed by atoms with E-state index in [0.29, 0.717) is 17.4 Å². The number of ether oxygens (including phenoxy) is 1. The zero-order chi connectivity index (χ0) is 17.4. The molecule has 130 valence electrons. The standard InChI is InChI=1S/C17H17N3O4S/c1-10-4-5-12(24-10)16-18-17(20(19-16)9-15(21)22)14-7-6-13(25-14)11-3-2-8-23-11/h4-7,11H,2-3,8-9H2,1H3,(H,21,22). The highest BCUT2D eigenvalue weighted by Gasteiger charge is 2.23. The van der Waals surface area contributed by atoms with Gasteiger partial charge >= 0.3 is 5.97 Å². The summed E-state index contributed by atoms with van der Waals surface area (Å²) < 4.78 is 12.7. The van der Waals surface area contributed by atoms with Gasteiger partial charge in [0.05, 0.1) is 11.0 Å². The summed E-state index contributed by atoms with van der Waals surface area (Å²) in [6.45, 7) is 2.37. The third-order valence-corrected chi connectivity index (χ3v) is 5.18. The zero-order valence-corrected chi connectivity index (χ0v) is 14.5. The Labute approximate surface area is 147 Å². The molecule has 0 spiro atoms. The second-order valence-corrected chi connectivity index (χ2v) is 7.04. The number of thiophene rings is 1. The molecule has 4 heterocycles. The summed E-state index contributed by atoms with van der Waals surface area (Å²) in [5.41, 5.74) is 0. The molecule has 7 nitrogen and oxygen atoms in total. The second-order valence-electron chi connectivity index (χ2n) is 5.92. The molecule has 4 rings (SSSR count). The molecule has 0 bridgehead atoms. The Morgan fingerprint density at radius 3 is 2.96 bits per heavy atom. The topological polar surface area (TPSA) is 90.4 Å². The summed E-state index contributed by atoms with van der Waals surface area (Å²) in [4.78, 5) is 17.7. The predicted octanol–water partition coefficient (Wildman–Crippen LogP) is 3.51. The van der Waals surface area contributed by atoms with Gasteiger partial charge in [-0.1, -0.05) is 0 Å². The van der Waals surface area contributed by atoms with Crippen molar-refractivity contribution < 1.29 is 19.1 Å². The first-order valence-corrected chi connectivity index (χ1v) is 8.87. The highest BCUT2D eigenvalue weighted by atomic mass is 32.1. The summed E-state index contributed by atoms with van der Waals surface area (Å²) >= 11 is 1.57. The Kier molecular flexibility index (Phi) is 4.14. The fraction of sp³-hybridized carbons (Fsp3) is 0.353. The lowest BCUT2D eigenvalue weighted by Crippen LogP contribution is -2.11. The van der Waals surface area contributed by atoms with Crippen LogP contribution in [0.3, 0.4) is 0 Å². The lowest BCUT2D eigenvalue weighted by Gasteiger charge is -2.05. The average molecular weight is 359 g/mol. The molecule has 1 atom stereocenters. The van der Waals surface area contributed by atoms with Gasteiger partial charge in [0.2, 0.25) is 5.82 Å². The van der Waals surface area contributed by atoms with Crippen molar-refractivity contribution in [1.29, 1.82) is 0 Å². The number of hydrogen-bond acceptors (Lipinski definition) is 6.